The lowest BCUT2D eigenvalue weighted by Crippen LogP contribution is -2.03. The summed E-state index contributed by atoms with van der Waals surface area (Å²) < 4.78 is 6.82. The van der Waals surface area contributed by atoms with Gasteiger partial charge in [0.25, 0.3) is 0 Å². The molecule has 0 saturated carbocycles. The monoisotopic (exact) mass is 306 g/mol. The molecule has 2 heterocycles. The average Bonchev–Trinajstić information content (AvgIpc) is 2.86. The van der Waals surface area contributed by atoms with Crippen molar-refractivity contribution in [3.63, 3.8) is 0 Å². The van der Waals surface area contributed by atoms with E-state index in [4.69, 9.17) is 4.74 Å². The van der Waals surface area contributed by atoms with Crippen molar-refractivity contribution in [2.75, 3.05) is 7.11 Å². The van der Waals surface area contributed by atoms with Gasteiger partial charge in [-0.25, -0.2) is 9.78 Å². The van der Waals surface area contributed by atoms with Gasteiger partial charge in [0.05, 0.1) is 7.11 Å². The van der Waals surface area contributed by atoms with Crippen LogP contribution in [0.5, 0.6) is 0 Å². The molecule has 0 bridgehead atoms. The molecule has 0 unspecified atom stereocenters. The van der Waals surface area contributed by atoms with Crippen molar-refractivity contribution in [3.05, 3.63) is 71.6 Å². The largest absolute Gasteiger partial charge is 0.466 e. The zero-order valence-corrected chi connectivity index (χ0v) is 13.2. The van der Waals surface area contributed by atoms with E-state index in [0.29, 0.717) is 6.54 Å². The van der Waals surface area contributed by atoms with Crippen molar-refractivity contribution in [2.45, 2.75) is 13.5 Å². The molecule has 0 fully saturated rings. The predicted octanol–water partition coefficient (Wildman–Crippen LogP) is 3.58. The van der Waals surface area contributed by atoms with Crippen LogP contribution in [0.3, 0.4) is 0 Å². The zero-order chi connectivity index (χ0) is 16.2. The number of hydrogen-bond donors (Lipinski definition) is 0. The highest BCUT2D eigenvalue weighted by molar-refractivity contribution is 5.90. The summed E-state index contributed by atoms with van der Waals surface area (Å²) in [7, 11) is 1.38. The molecule has 0 atom stereocenters. The third-order valence-corrected chi connectivity index (χ3v) is 3.88. The number of hydrogen-bond acceptors (Lipinski definition) is 3. The Hall–Kier alpha value is -2.88. The summed E-state index contributed by atoms with van der Waals surface area (Å²) in [5.41, 5.74) is 4.17. The van der Waals surface area contributed by atoms with Crippen LogP contribution in [0.15, 0.2) is 54.7 Å². The van der Waals surface area contributed by atoms with Crippen LogP contribution >= 0.6 is 0 Å². The Kier molecular flexibility index (Phi) is 4.24. The predicted molar refractivity (Wildman–Crippen MR) is 91.1 cm³/mol. The van der Waals surface area contributed by atoms with E-state index in [1.165, 1.54) is 18.7 Å². The molecule has 3 rings (SSSR count). The third kappa shape index (κ3) is 3.01. The topological polar surface area (TPSA) is 44.1 Å². The molecule has 0 aliphatic heterocycles. The minimum Gasteiger partial charge on any atom is -0.466 e. The second-order valence-corrected chi connectivity index (χ2v) is 5.31. The Bertz CT molecular complexity index is 864. The number of carbonyl (C=O) groups excluding carboxylic acids is 1. The van der Waals surface area contributed by atoms with E-state index in [9.17, 15) is 4.79 Å². The van der Waals surface area contributed by atoms with Crippen LogP contribution in [0.1, 0.15) is 16.8 Å². The van der Waals surface area contributed by atoms with E-state index < -0.39 is 0 Å². The number of carbonyl (C=O) groups is 1. The molecule has 3 aromatic rings. The molecule has 4 nitrogen and oxygen atoms in total. The molecule has 4 heteroatoms. The Morgan fingerprint density at radius 1 is 1.22 bits per heavy atom. The fourth-order valence-electron chi connectivity index (χ4n) is 2.72. The molecule has 2 aromatic heterocycles. The van der Waals surface area contributed by atoms with Crippen molar-refractivity contribution < 1.29 is 9.53 Å². The maximum absolute atomic E-state index is 11.4. The summed E-state index contributed by atoms with van der Waals surface area (Å²) in [5.74, 6) is -0.367. The van der Waals surface area contributed by atoms with Gasteiger partial charge >= 0.3 is 5.97 Å². The molecule has 0 radical (unpaired) electrons. The van der Waals surface area contributed by atoms with Crippen LogP contribution in [-0.2, 0) is 16.1 Å². The van der Waals surface area contributed by atoms with Crippen molar-refractivity contribution >= 4 is 23.1 Å². The van der Waals surface area contributed by atoms with Crippen molar-refractivity contribution in [1.29, 1.82) is 0 Å². The minimum atomic E-state index is -0.367. The first kappa shape index (κ1) is 15.0. The van der Waals surface area contributed by atoms with Gasteiger partial charge in [-0.1, -0.05) is 30.3 Å². The highest BCUT2D eigenvalue weighted by Gasteiger charge is 2.13. The van der Waals surface area contributed by atoms with Crippen LogP contribution in [0.25, 0.3) is 17.1 Å². The van der Waals surface area contributed by atoms with Gasteiger partial charge in [0.1, 0.15) is 5.65 Å². The van der Waals surface area contributed by atoms with Gasteiger partial charge in [0.15, 0.2) is 0 Å². The summed E-state index contributed by atoms with van der Waals surface area (Å²) in [6, 6.07) is 14.2. The van der Waals surface area contributed by atoms with Crippen LogP contribution in [0.2, 0.25) is 0 Å². The SMILES string of the molecule is COC(=O)/C=C/c1c(C)c2cccnc2n1Cc1ccccc1. The smallest absolute Gasteiger partial charge is 0.330 e. The maximum Gasteiger partial charge on any atom is 0.330 e. The number of rotatable bonds is 4. The molecule has 0 saturated heterocycles. The highest BCUT2D eigenvalue weighted by atomic mass is 16.5. The maximum atomic E-state index is 11.4. The Morgan fingerprint density at radius 3 is 2.74 bits per heavy atom. The highest BCUT2D eigenvalue weighted by Crippen LogP contribution is 2.26. The Balaban J connectivity index is 2.13. The van der Waals surface area contributed by atoms with Gasteiger partial charge in [-0.05, 0) is 36.3 Å². The quantitative estimate of drug-likeness (QED) is 0.546. The molecular weight excluding hydrogens is 288 g/mol. The molecule has 23 heavy (non-hydrogen) atoms. The minimum absolute atomic E-state index is 0.367. The van der Waals surface area contributed by atoms with Gasteiger partial charge in [-0.3, -0.25) is 0 Å². The molecular formula is C19H18N2O2. The lowest BCUT2D eigenvalue weighted by atomic mass is 10.2. The van der Waals surface area contributed by atoms with Gasteiger partial charge < -0.3 is 9.30 Å². The molecule has 0 aliphatic carbocycles. The fourth-order valence-corrected chi connectivity index (χ4v) is 2.72. The normalized spacial score (nSPS) is 11.2. The molecule has 1 aromatic carbocycles. The second-order valence-electron chi connectivity index (χ2n) is 5.31. The number of methoxy groups -OCH3 is 1. The number of aromatic nitrogens is 2. The number of ether oxygens (including phenoxy) is 1. The van der Waals surface area contributed by atoms with Gasteiger partial charge in [0, 0.05) is 29.9 Å². The number of fused-ring (bicyclic) bond motifs is 1. The first-order chi connectivity index (χ1) is 11.2. The molecule has 116 valence electrons. The van der Waals surface area contributed by atoms with Crippen LogP contribution in [-0.4, -0.2) is 22.6 Å². The molecule has 0 amide bonds. The summed E-state index contributed by atoms with van der Waals surface area (Å²) >= 11 is 0. The number of benzene rings is 1. The summed E-state index contributed by atoms with van der Waals surface area (Å²) in [6.07, 6.45) is 5.03. The lowest BCUT2D eigenvalue weighted by Gasteiger charge is -2.08. The van der Waals surface area contributed by atoms with Crippen molar-refractivity contribution in [2.24, 2.45) is 0 Å². The van der Waals surface area contributed by atoms with Gasteiger partial charge in [0.2, 0.25) is 0 Å². The van der Waals surface area contributed by atoms with Gasteiger partial charge in [-0.2, -0.15) is 0 Å². The van der Waals surface area contributed by atoms with Crippen LogP contribution in [0.4, 0.5) is 0 Å². The van der Waals surface area contributed by atoms with E-state index in [0.717, 1.165) is 22.3 Å². The summed E-state index contributed by atoms with van der Waals surface area (Å²) in [6.45, 7) is 2.74. The molecule has 0 N–H and O–H groups in total. The first-order valence-electron chi connectivity index (χ1n) is 7.44. The molecule has 0 aliphatic rings. The Labute approximate surface area is 135 Å². The van der Waals surface area contributed by atoms with Crippen LogP contribution in [0, 0.1) is 6.92 Å². The first-order valence-corrected chi connectivity index (χ1v) is 7.44. The van der Waals surface area contributed by atoms with E-state index in [1.54, 1.807) is 12.3 Å². The van der Waals surface area contributed by atoms with Crippen LogP contribution < -0.4 is 0 Å². The summed E-state index contributed by atoms with van der Waals surface area (Å²) in [5, 5.41) is 1.09. The van der Waals surface area contributed by atoms with E-state index >= 15 is 0 Å². The fraction of sp³-hybridized carbons (Fsp3) is 0.158. The number of pyridine rings is 1. The van der Waals surface area contributed by atoms with Gasteiger partial charge in [-0.15, -0.1) is 0 Å². The molecule has 0 spiro atoms. The van der Waals surface area contributed by atoms with E-state index in [1.807, 2.05) is 31.2 Å². The zero-order valence-electron chi connectivity index (χ0n) is 13.2. The van der Waals surface area contributed by atoms with E-state index in [-0.39, 0.29) is 5.97 Å². The van der Waals surface area contributed by atoms with Crippen molar-refractivity contribution in [1.82, 2.24) is 9.55 Å². The third-order valence-electron chi connectivity index (χ3n) is 3.88. The standard InChI is InChI=1S/C19H18N2O2/c1-14-16-9-6-12-20-19(16)21(13-15-7-4-3-5-8-15)17(14)10-11-18(22)23-2/h3-12H,13H2,1-2H3/b11-10+. The lowest BCUT2D eigenvalue weighted by molar-refractivity contribution is -0.134. The second kappa shape index (κ2) is 6.48. The number of aryl methyl sites for hydroxylation is 1. The van der Waals surface area contributed by atoms with Crippen molar-refractivity contribution in [3.8, 4) is 0 Å². The van der Waals surface area contributed by atoms with E-state index in [2.05, 4.69) is 27.8 Å². The Morgan fingerprint density at radius 2 is 2.00 bits per heavy atom. The average molecular weight is 306 g/mol. The number of esters is 1. The summed E-state index contributed by atoms with van der Waals surface area (Å²) in [4.78, 5) is 16.0. The number of nitrogens with zero attached hydrogens (tertiary/aromatic N) is 2.